The number of hydrogen-bond acceptors (Lipinski definition) is 4. The van der Waals surface area contributed by atoms with Crippen molar-refractivity contribution in [2.75, 3.05) is 0 Å². The van der Waals surface area contributed by atoms with Crippen LogP contribution in [0, 0.1) is 3.57 Å². The first-order valence-electron chi connectivity index (χ1n) is 3.14. The molecule has 4 nitrogen and oxygen atoms in total. The Kier molecular flexibility index (Phi) is 3.96. The van der Waals surface area contributed by atoms with Crippen LogP contribution in [0.2, 0.25) is 0 Å². The Morgan fingerprint density at radius 3 is 2.25 bits per heavy atom. The number of rotatable bonds is 3. The summed E-state index contributed by atoms with van der Waals surface area (Å²) in [4.78, 5) is 7.78. The maximum Gasteiger partial charge on any atom is 0.555 e. The summed E-state index contributed by atoms with van der Waals surface area (Å²) in [5.74, 6) is 0. The van der Waals surface area contributed by atoms with Gasteiger partial charge in [0.15, 0.2) is 0 Å². The molecule has 0 aliphatic heterocycles. The third-order valence-corrected chi connectivity index (χ3v) is 2.33. The predicted octanol–water partition coefficient (Wildman–Crippen LogP) is 0.966. The monoisotopic (exact) mass is 280 g/mol. The van der Waals surface area contributed by atoms with E-state index in [-0.39, 0.29) is 0 Å². The second-order valence-electron chi connectivity index (χ2n) is 2.06. The topological polar surface area (TPSA) is 58.9 Å². The van der Waals surface area contributed by atoms with Crippen molar-refractivity contribution in [3.63, 3.8) is 0 Å². The normalized spacial score (nSPS) is 9.92. The third-order valence-electron chi connectivity index (χ3n) is 1.35. The minimum Gasteiger partial charge on any atom is -0.264 e. The van der Waals surface area contributed by atoms with Crippen LogP contribution in [-0.2, 0) is 9.61 Å². The van der Waals surface area contributed by atoms with Crippen LogP contribution in [0.1, 0.15) is 0 Å². The standard InChI is InChI=1S/C6H6BIO4/c8-6-4-2-1-3-5(6)7(11-9)12-10/h1-4,9-10H. The summed E-state index contributed by atoms with van der Waals surface area (Å²) in [5.41, 5.74) is 0.572. The van der Waals surface area contributed by atoms with E-state index >= 15 is 0 Å². The summed E-state index contributed by atoms with van der Waals surface area (Å²) in [6.07, 6.45) is 0. The van der Waals surface area contributed by atoms with E-state index in [4.69, 9.17) is 10.5 Å². The summed E-state index contributed by atoms with van der Waals surface area (Å²) in [5, 5.41) is 16.6. The smallest absolute Gasteiger partial charge is 0.264 e. The zero-order valence-corrected chi connectivity index (χ0v) is 8.13. The Bertz CT molecular complexity index is 253. The van der Waals surface area contributed by atoms with E-state index in [9.17, 15) is 0 Å². The average molecular weight is 280 g/mol. The fourth-order valence-electron chi connectivity index (χ4n) is 0.799. The molecule has 0 amide bonds. The lowest BCUT2D eigenvalue weighted by molar-refractivity contribution is -0.221. The maximum atomic E-state index is 8.32. The molecule has 1 rings (SSSR count). The highest BCUT2D eigenvalue weighted by Gasteiger charge is 2.23. The zero-order chi connectivity index (χ0) is 8.97. The number of benzene rings is 1. The van der Waals surface area contributed by atoms with E-state index < -0.39 is 7.12 Å². The third kappa shape index (κ3) is 2.17. The first-order chi connectivity index (χ1) is 5.79. The lowest BCUT2D eigenvalue weighted by Gasteiger charge is -2.06. The van der Waals surface area contributed by atoms with Crippen LogP contribution in [0.25, 0.3) is 0 Å². The first-order valence-corrected chi connectivity index (χ1v) is 4.22. The molecule has 0 aliphatic carbocycles. The van der Waals surface area contributed by atoms with Crippen LogP contribution >= 0.6 is 22.6 Å². The average Bonchev–Trinajstić information content (AvgIpc) is 2.10. The molecule has 64 valence electrons. The molecule has 0 unspecified atom stereocenters. The summed E-state index contributed by atoms with van der Waals surface area (Å²) < 4.78 is 0.836. The fraction of sp³-hybridized carbons (Fsp3) is 0. The van der Waals surface area contributed by atoms with Gasteiger partial charge < -0.3 is 0 Å². The molecular formula is C6H6BIO4. The van der Waals surface area contributed by atoms with Crippen molar-refractivity contribution >= 4 is 35.2 Å². The van der Waals surface area contributed by atoms with Gasteiger partial charge in [-0.3, -0.25) is 20.1 Å². The summed E-state index contributed by atoms with van der Waals surface area (Å²) in [6, 6.07) is 7.07. The highest BCUT2D eigenvalue weighted by molar-refractivity contribution is 14.1. The highest BCUT2D eigenvalue weighted by Crippen LogP contribution is 2.02. The van der Waals surface area contributed by atoms with Gasteiger partial charge >= 0.3 is 7.12 Å². The summed E-state index contributed by atoms with van der Waals surface area (Å²) in [6.45, 7) is 0. The highest BCUT2D eigenvalue weighted by atomic mass is 127. The van der Waals surface area contributed by atoms with Crippen LogP contribution in [-0.4, -0.2) is 17.6 Å². The SMILES string of the molecule is OOB(OO)c1ccccc1I. The van der Waals surface area contributed by atoms with Crippen molar-refractivity contribution in [3.8, 4) is 0 Å². The van der Waals surface area contributed by atoms with Crippen molar-refractivity contribution in [2.24, 2.45) is 0 Å². The number of hydrogen-bond donors (Lipinski definition) is 2. The molecule has 6 heteroatoms. The Morgan fingerprint density at radius 2 is 1.75 bits per heavy atom. The molecule has 0 fully saturated rings. The van der Waals surface area contributed by atoms with Gasteiger partial charge in [0, 0.05) is 3.57 Å². The lowest BCUT2D eigenvalue weighted by Crippen LogP contribution is -2.36. The van der Waals surface area contributed by atoms with Gasteiger partial charge in [-0.2, -0.15) is 0 Å². The molecule has 0 saturated carbocycles. The van der Waals surface area contributed by atoms with Crippen LogP contribution in [0.3, 0.4) is 0 Å². The Morgan fingerprint density at radius 1 is 1.17 bits per heavy atom. The van der Waals surface area contributed by atoms with E-state index in [1.807, 2.05) is 28.7 Å². The second-order valence-corrected chi connectivity index (χ2v) is 3.23. The molecule has 0 bridgehead atoms. The van der Waals surface area contributed by atoms with Crippen LogP contribution in [0.15, 0.2) is 24.3 Å². The molecule has 0 saturated heterocycles. The Balaban J connectivity index is 2.92. The van der Waals surface area contributed by atoms with Crippen molar-refractivity contribution in [3.05, 3.63) is 27.8 Å². The summed E-state index contributed by atoms with van der Waals surface area (Å²) in [7, 11) is -1.14. The van der Waals surface area contributed by atoms with E-state index in [0.29, 0.717) is 5.46 Å². The van der Waals surface area contributed by atoms with Crippen molar-refractivity contribution < 1.29 is 20.1 Å². The van der Waals surface area contributed by atoms with Crippen molar-refractivity contribution in [2.45, 2.75) is 0 Å². The van der Waals surface area contributed by atoms with E-state index in [2.05, 4.69) is 9.61 Å². The second kappa shape index (κ2) is 4.78. The molecule has 0 atom stereocenters. The predicted molar refractivity (Wildman–Crippen MR) is 52.0 cm³/mol. The van der Waals surface area contributed by atoms with Gasteiger partial charge in [0.25, 0.3) is 0 Å². The van der Waals surface area contributed by atoms with Gasteiger partial charge in [-0.15, -0.1) is 0 Å². The zero-order valence-electron chi connectivity index (χ0n) is 5.98. The molecule has 0 heterocycles. The Hall–Kier alpha value is -0.145. The van der Waals surface area contributed by atoms with E-state index in [1.165, 1.54) is 0 Å². The van der Waals surface area contributed by atoms with E-state index in [0.717, 1.165) is 3.57 Å². The molecule has 0 radical (unpaired) electrons. The van der Waals surface area contributed by atoms with Crippen LogP contribution < -0.4 is 5.46 Å². The Labute approximate surface area is 83.3 Å². The van der Waals surface area contributed by atoms with Gasteiger partial charge in [0.1, 0.15) is 0 Å². The van der Waals surface area contributed by atoms with Crippen molar-refractivity contribution in [1.29, 1.82) is 0 Å². The van der Waals surface area contributed by atoms with Gasteiger partial charge in [-0.05, 0) is 34.1 Å². The van der Waals surface area contributed by atoms with Gasteiger partial charge in [-0.1, -0.05) is 18.2 Å². The number of halogens is 1. The minimum absolute atomic E-state index is 0.572. The van der Waals surface area contributed by atoms with Crippen molar-refractivity contribution in [1.82, 2.24) is 0 Å². The molecule has 0 aromatic heterocycles. The molecule has 0 spiro atoms. The molecule has 1 aromatic rings. The maximum absolute atomic E-state index is 8.32. The van der Waals surface area contributed by atoms with E-state index in [1.54, 1.807) is 18.2 Å². The summed E-state index contributed by atoms with van der Waals surface area (Å²) >= 11 is 2.04. The quantitative estimate of drug-likeness (QED) is 0.375. The molecular weight excluding hydrogens is 274 g/mol. The van der Waals surface area contributed by atoms with Gasteiger partial charge in [-0.25, -0.2) is 0 Å². The fourth-order valence-corrected chi connectivity index (χ4v) is 1.44. The molecule has 2 N–H and O–H groups in total. The van der Waals surface area contributed by atoms with Gasteiger partial charge in [0.05, 0.1) is 0 Å². The molecule has 12 heavy (non-hydrogen) atoms. The van der Waals surface area contributed by atoms with Crippen LogP contribution in [0.5, 0.6) is 0 Å². The molecule has 0 aliphatic rings. The molecule has 1 aromatic carbocycles. The largest absolute Gasteiger partial charge is 0.555 e. The van der Waals surface area contributed by atoms with Gasteiger partial charge in [0.2, 0.25) is 0 Å². The lowest BCUT2D eigenvalue weighted by atomic mass is 9.80. The first kappa shape index (κ1) is 9.94. The minimum atomic E-state index is -1.14. The van der Waals surface area contributed by atoms with Crippen LogP contribution in [0.4, 0.5) is 0 Å².